The zero-order valence-corrected chi connectivity index (χ0v) is 16.9. The summed E-state index contributed by atoms with van der Waals surface area (Å²) in [7, 11) is 3.36. The normalized spacial score (nSPS) is 17.0. The summed E-state index contributed by atoms with van der Waals surface area (Å²) >= 11 is 0.778. The van der Waals surface area contributed by atoms with E-state index in [1.165, 1.54) is 9.13 Å². The number of carbonyl (C=O) groups excluding carboxylic acids is 3. The molecule has 3 rings (SSSR count). The van der Waals surface area contributed by atoms with Gasteiger partial charge in [-0.1, -0.05) is 13.0 Å². The van der Waals surface area contributed by atoms with Crippen LogP contribution in [0.1, 0.15) is 25.8 Å². The molecule has 0 radical (unpaired) electrons. The molecule has 28 heavy (non-hydrogen) atoms. The molecule has 2 amide bonds. The molecule has 0 aliphatic carbocycles. The molecule has 8 nitrogen and oxygen atoms in total. The molecule has 1 aromatic heterocycles. The largest absolute Gasteiger partial charge is 0.461 e. The first kappa shape index (κ1) is 19.9. The van der Waals surface area contributed by atoms with Gasteiger partial charge in [-0.05, 0) is 48.9 Å². The number of ether oxygens (including phenoxy) is 1. The van der Waals surface area contributed by atoms with Crippen LogP contribution in [0.4, 0.5) is 4.79 Å². The number of aromatic nitrogens is 2. The fourth-order valence-corrected chi connectivity index (χ4v) is 3.71. The van der Waals surface area contributed by atoms with E-state index in [2.05, 4.69) is 0 Å². The number of aryl methyl sites for hydroxylation is 2. The third kappa shape index (κ3) is 3.62. The number of amides is 2. The number of benzene rings is 1. The molecule has 0 saturated carbocycles. The van der Waals surface area contributed by atoms with E-state index in [1.807, 2.05) is 6.92 Å². The highest BCUT2D eigenvalue weighted by molar-refractivity contribution is 8.18. The van der Waals surface area contributed by atoms with Crippen molar-refractivity contribution >= 4 is 46.0 Å². The zero-order valence-electron chi connectivity index (χ0n) is 16.1. The van der Waals surface area contributed by atoms with Crippen LogP contribution in [0.15, 0.2) is 27.9 Å². The third-order valence-corrected chi connectivity index (χ3v) is 5.57. The topological polar surface area (TPSA) is 90.6 Å². The Morgan fingerprint density at radius 1 is 1.18 bits per heavy atom. The molecule has 1 fully saturated rings. The highest BCUT2D eigenvalue weighted by Gasteiger charge is 2.36. The Kier molecular flexibility index (Phi) is 5.46. The Morgan fingerprint density at radius 2 is 1.86 bits per heavy atom. The number of nitrogens with zero attached hydrogens (tertiary/aromatic N) is 3. The van der Waals surface area contributed by atoms with E-state index in [-0.39, 0.29) is 16.7 Å². The lowest BCUT2D eigenvalue weighted by Crippen LogP contribution is -2.35. The molecule has 2 aromatic rings. The van der Waals surface area contributed by atoms with Gasteiger partial charge in [0, 0.05) is 14.1 Å². The van der Waals surface area contributed by atoms with Crippen molar-refractivity contribution < 1.29 is 19.1 Å². The standard InChI is InChI=1S/C19H21N3O5S/c1-5-11(2)27-16(23)10-22-17(24)15(28-19(22)26)9-12-6-7-13-14(8-12)21(4)18(25)20(13)3/h6-9,11H,5,10H2,1-4H3/b15-9+/t11-/m0/s1. The Morgan fingerprint density at radius 3 is 2.54 bits per heavy atom. The minimum absolute atomic E-state index is 0.146. The lowest BCUT2D eigenvalue weighted by Gasteiger charge is -2.14. The van der Waals surface area contributed by atoms with Gasteiger partial charge < -0.3 is 4.74 Å². The molecule has 2 heterocycles. The molecule has 148 valence electrons. The second kappa shape index (κ2) is 7.67. The van der Waals surface area contributed by atoms with Gasteiger partial charge in [0.2, 0.25) is 0 Å². The van der Waals surface area contributed by atoms with Crippen LogP contribution in [-0.4, -0.2) is 43.8 Å². The van der Waals surface area contributed by atoms with Crippen LogP contribution in [-0.2, 0) is 28.4 Å². The van der Waals surface area contributed by atoms with Crippen molar-refractivity contribution in [3.8, 4) is 0 Å². The second-order valence-corrected chi connectivity index (χ2v) is 7.62. The van der Waals surface area contributed by atoms with Crippen molar-refractivity contribution in [2.24, 2.45) is 14.1 Å². The molecule has 0 unspecified atom stereocenters. The molecule has 9 heteroatoms. The summed E-state index contributed by atoms with van der Waals surface area (Å²) in [6, 6.07) is 5.34. The van der Waals surface area contributed by atoms with E-state index < -0.39 is 23.7 Å². The number of rotatable bonds is 5. The molecule has 0 bridgehead atoms. The smallest absolute Gasteiger partial charge is 0.328 e. The van der Waals surface area contributed by atoms with Gasteiger partial charge in [0.15, 0.2) is 0 Å². The van der Waals surface area contributed by atoms with Crippen LogP contribution in [0.2, 0.25) is 0 Å². The summed E-state index contributed by atoms with van der Waals surface area (Å²) in [6.07, 6.45) is 1.96. The van der Waals surface area contributed by atoms with Gasteiger partial charge in [-0.15, -0.1) is 0 Å². The van der Waals surface area contributed by atoms with Crippen LogP contribution in [0.25, 0.3) is 17.1 Å². The molecule has 1 aromatic carbocycles. The summed E-state index contributed by atoms with van der Waals surface area (Å²) in [4.78, 5) is 49.8. The fourth-order valence-electron chi connectivity index (χ4n) is 2.88. The lowest BCUT2D eigenvalue weighted by atomic mass is 10.2. The molecule has 0 N–H and O–H groups in total. The first-order valence-corrected chi connectivity index (χ1v) is 9.65. The van der Waals surface area contributed by atoms with Crippen molar-refractivity contribution in [3.05, 3.63) is 39.2 Å². The molecular formula is C19H21N3O5S. The van der Waals surface area contributed by atoms with Gasteiger partial charge in [-0.3, -0.25) is 28.4 Å². The van der Waals surface area contributed by atoms with Crippen LogP contribution >= 0.6 is 11.8 Å². The Hall–Kier alpha value is -2.81. The minimum Gasteiger partial charge on any atom is -0.461 e. The van der Waals surface area contributed by atoms with Crippen molar-refractivity contribution in [2.75, 3.05) is 6.54 Å². The number of thioether (sulfide) groups is 1. The number of esters is 1. The number of imide groups is 1. The monoisotopic (exact) mass is 403 g/mol. The Balaban J connectivity index is 1.83. The number of hydrogen-bond donors (Lipinski definition) is 0. The predicted octanol–water partition coefficient (Wildman–Crippen LogP) is 2.25. The predicted molar refractivity (Wildman–Crippen MR) is 107 cm³/mol. The molecule has 1 saturated heterocycles. The minimum atomic E-state index is -0.612. The zero-order chi connectivity index (χ0) is 20.6. The van der Waals surface area contributed by atoms with Crippen molar-refractivity contribution in [1.29, 1.82) is 0 Å². The van der Waals surface area contributed by atoms with Crippen molar-refractivity contribution in [1.82, 2.24) is 14.0 Å². The Labute approximate surface area is 165 Å². The van der Waals surface area contributed by atoms with E-state index in [4.69, 9.17) is 4.74 Å². The molecule has 1 atom stereocenters. The van der Waals surface area contributed by atoms with Crippen molar-refractivity contribution in [2.45, 2.75) is 26.4 Å². The van der Waals surface area contributed by atoms with E-state index in [9.17, 15) is 19.2 Å². The summed E-state index contributed by atoms with van der Waals surface area (Å²) in [5.41, 5.74) is 2.02. The van der Waals surface area contributed by atoms with Crippen LogP contribution < -0.4 is 5.69 Å². The summed E-state index contributed by atoms with van der Waals surface area (Å²) in [5.74, 6) is -1.14. The molecular weight excluding hydrogens is 382 g/mol. The van der Waals surface area contributed by atoms with E-state index in [1.54, 1.807) is 45.3 Å². The first-order valence-electron chi connectivity index (χ1n) is 8.83. The van der Waals surface area contributed by atoms with E-state index >= 15 is 0 Å². The SMILES string of the molecule is CC[C@H](C)OC(=O)CN1C(=O)S/C(=C/c2ccc3c(c2)n(C)c(=O)n3C)C1=O. The summed E-state index contributed by atoms with van der Waals surface area (Å²) in [6.45, 7) is 3.22. The van der Waals surface area contributed by atoms with Gasteiger partial charge in [-0.2, -0.15) is 0 Å². The van der Waals surface area contributed by atoms with Gasteiger partial charge in [0.1, 0.15) is 6.54 Å². The third-order valence-electron chi connectivity index (χ3n) is 4.66. The average molecular weight is 403 g/mol. The van der Waals surface area contributed by atoms with Gasteiger partial charge in [0.25, 0.3) is 11.1 Å². The maximum Gasteiger partial charge on any atom is 0.328 e. The van der Waals surface area contributed by atoms with E-state index in [0.29, 0.717) is 12.0 Å². The highest BCUT2D eigenvalue weighted by Crippen LogP contribution is 2.32. The number of hydrogen-bond acceptors (Lipinski definition) is 6. The van der Waals surface area contributed by atoms with E-state index in [0.717, 1.165) is 27.7 Å². The van der Waals surface area contributed by atoms with Crippen LogP contribution in [0, 0.1) is 0 Å². The number of imidazole rings is 1. The maximum atomic E-state index is 12.5. The quantitative estimate of drug-likeness (QED) is 0.562. The maximum absolute atomic E-state index is 12.5. The number of carbonyl (C=O) groups is 3. The first-order chi connectivity index (χ1) is 13.2. The molecule has 1 aliphatic rings. The highest BCUT2D eigenvalue weighted by atomic mass is 32.2. The lowest BCUT2D eigenvalue weighted by molar-refractivity contribution is -0.150. The fraction of sp³-hybridized carbons (Fsp3) is 0.368. The second-order valence-electron chi connectivity index (χ2n) is 6.63. The molecule has 1 aliphatic heterocycles. The van der Waals surface area contributed by atoms with Gasteiger partial charge in [-0.25, -0.2) is 4.79 Å². The van der Waals surface area contributed by atoms with Crippen LogP contribution in [0.3, 0.4) is 0 Å². The van der Waals surface area contributed by atoms with Gasteiger partial charge in [0.05, 0.1) is 22.0 Å². The van der Waals surface area contributed by atoms with Crippen LogP contribution in [0.5, 0.6) is 0 Å². The Bertz CT molecular complexity index is 1070. The molecule has 0 spiro atoms. The summed E-state index contributed by atoms with van der Waals surface area (Å²) in [5, 5.41) is -0.509. The van der Waals surface area contributed by atoms with Gasteiger partial charge >= 0.3 is 11.7 Å². The number of fused-ring (bicyclic) bond motifs is 1. The average Bonchev–Trinajstić information content (AvgIpc) is 3.04. The summed E-state index contributed by atoms with van der Waals surface area (Å²) < 4.78 is 8.19. The van der Waals surface area contributed by atoms with Crippen molar-refractivity contribution in [3.63, 3.8) is 0 Å².